The number of sulfonamides is 1. The molecule has 0 aliphatic rings. The van der Waals surface area contributed by atoms with Gasteiger partial charge in [-0.05, 0) is 31.4 Å². The molecule has 1 rings (SSSR count). The summed E-state index contributed by atoms with van der Waals surface area (Å²) in [5.41, 5.74) is 0.805. The van der Waals surface area contributed by atoms with Gasteiger partial charge in [0.1, 0.15) is 4.21 Å². The van der Waals surface area contributed by atoms with Gasteiger partial charge in [-0.25, -0.2) is 13.1 Å². The first-order chi connectivity index (χ1) is 9.01. The van der Waals surface area contributed by atoms with Crippen molar-refractivity contribution in [2.75, 3.05) is 19.8 Å². The fourth-order valence-corrected chi connectivity index (χ4v) is 4.04. The molecule has 110 valence electrons. The quantitative estimate of drug-likeness (QED) is 0.680. The first-order valence-corrected chi connectivity index (χ1v) is 8.58. The summed E-state index contributed by atoms with van der Waals surface area (Å²) < 4.78 is 32.0. The molecule has 0 unspecified atom stereocenters. The number of hydrogen-bond donors (Lipinski definition) is 2. The smallest absolute Gasteiger partial charge is 0.250 e. The van der Waals surface area contributed by atoms with E-state index in [0.717, 1.165) is 23.3 Å². The van der Waals surface area contributed by atoms with E-state index < -0.39 is 10.0 Å². The number of hydrogen-bond acceptors (Lipinski definition) is 5. The highest BCUT2D eigenvalue weighted by molar-refractivity contribution is 7.91. The Morgan fingerprint density at radius 2 is 2.16 bits per heavy atom. The molecule has 5 nitrogen and oxygen atoms in total. The number of thiophene rings is 1. The summed E-state index contributed by atoms with van der Waals surface area (Å²) in [4.78, 5) is 0.687. The van der Waals surface area contributed by atoms with Crippen LogP contribution in [0.15, 0.2) is 10.3 Å². The van der Waals surface area contributed by atoms with Crippen molar-refractivity contribution < 1.29 is 18.3 Å². The van der Waals surface area contributed by atoms with Crippen molar-refractivity contribution in [3.8, 4) is 0 Å². The van der Waals surface area contributed by atoms with E-state index in [9.17, 15) is 8.42 Å². The van der Waals surface area contributed by atoms with Crippen molar-refractivity contribution >= 4 is 21.4 Å². The van der Waals surface area contributed by atoms with Crippen LogP contribution in [0, 0.1) is 6.92 Å². The van der Waals surface area contributed by atoms with Gasteiger partial charge in [0.25, 0.3) is 0 Å². The largest absolute Gasteiger partial charge is 0.391 e. The zero-order valence-corrected chi connectivity index (χ0v) is 12.9. The van der Waals surface area contributed by atoms with Crippen LogP contribution in [-0.2, 0) is 21.4 Å². The molecule has 0 aromatic carbocycles. The molecule has 0 saturated carbocycles. The lowest BCUT2D eigenvalue weighted by Gasteiger charge is -2.05. The van der Waals surface area contributed by atoms with E-state index in [2.05, 4.69) is 4.72 Å². The molecule has 19 heavy (non-hydrogen) atoms. The Bertz CT molecular complexity index is 482. The average molecular weight is 307 g/mol. The molecular formula is C12H21NO4S2. The van der Waals surface area contributed by atoms with Gasteiger partial charge in [0.05, 0.1) is 6.61 Å². The van der Waals surface area contributed by atoms with E-state index in [1.807, 2.05) is 6.92 Å². The van der Waals surface area contributed by atoms with Gasteiger partial charge in [-0.1, -0.05) is 6.92 Å². The summed E-state index contributed by atoms with van der Waals surface area (Å²) in [5, 5.41) is 9.07. The van der Waals surface area contributed by atoms with Crippen LogP contribution in [0.3, 0.4) is 0 Å². The van der Waals surface area contributed by atoms with Crippen LogP contribution >= 0.6 is 11.3 Å². The first-order valence-electron chi connectivity index (χ1n) is 6.28. The van der Waals surface area contributed by atoms with E-state index in [1.165, 1.54) is 0 Å². The van der Waals surface area contributed by atoms with Crippen molar-refractivity contribution in [1.82, 2.24) is 4.72 Å². The number of aryl methyl sites for hydroxylation is 1. The fourth-order valence-electron chi connectivity index (χ4n) is 1.48. The summed E-state index contributed by atoms with van der Waals surface area (Å²) in [6, 6.07) is 1.59. The lowest BCUT2D eigenvalue weighted by atomic mass is 10.3. The fraction of sp³-hybridized carbons (Fsp3) is 0.667. The van der Waals surface area contributed by atoms with Crippen LogP contribution in [-0.4, -0.2) is 33.3 Å². The molecule has 1 heterocycles. The normalized spacial score (nSPS) is 11.9. The zero-order chi connectivity index (χ0) is 14.3. The molecule has 0 atom stereocenters. The third-order valence-electron chi connectivity index (χ3n) is 2.51. The summed E-state index contributed by atoms with van der Waals surface area (Å²) in [6.07, 6.45) is 1.61. The van der Waals surface area contributed by atoms with E-state index in [1.54, 1.807) is 13.0 Å². The summed E-state index contributed by atoms with van der Waals surface area (Å²) in [6.45, 7) is 5.31. The molecule has 0 aliphatic heterocycles. The zero-order valence-electron chi connectivity index (χ0n) is 11.3. The van der Waals surface area contributed by atoms with Crippen LogP contribution < -0.4 is 4.72 Å². The van der Waals surface area contributed by atoms with Gasteiger partial charge in [0, 0.05) is 24.6 Å². The van der Waals surface area contributed by atoms with Crippen LogP contribution in [0.1, 0.15) is 30.2 Å². The second kappa shape index (κ2) is 7.96. The number of ether oxygens (including phenoxy) is 1. The van der Waals surface area contributed by atoms with Gasteiger partial charge >= 0.3 is 0 Å². The van der Waals surface area contributed by atoms with Gasteiger partial charge < -0.3 is 9.84 Å². The Kier molecular flexibility index (Phi) is 6.95. The highest BCUT2D eigenvalue weighted by atomic mass is 32.2. The molecule has 2 N–H and O–H groups in total. The van der Waals surface area contributed by atoms with Crippen LogP contribution in [0.5, 0.6) is 0 Å². The van der Waals surface area contributed by atoms with E-state index in [4.69, 9.17) is 9.84 Å². The predicted molar refractivity (Wildman–Crippen MR) is 75.9 cm³/mol. The van der Waals surface area contributed by atoms with Gasteiger partial charge in [-0.15, -0.1) is 11.3 Å². The average Bonchev–Trinajstić information content (AvgIpc) is 2.76. The number of aliphatic hydroxyl groups excluding tert-OH is 1. The molecule has 0 aliphatic carbocycles. The molecule has 1 aromatic heterocycles. The molecule has 0 spiro atoms. The molecule has 0 amide bonds. The summed E-state index contributed by atoms with van der Waals surface area (Å²) in [7, 11) is -3.46. The Hall–Kier alpha value is -0.470. The second-order valence-electron chi connectivity index (χ2n) is 4.19. The van der Waals surface area contributed by atoms with Gasteiger partial charge in [-0.3, -0.25) is 0 Å². The number of rotatable bonds is 9. The standard InChI is InChI=1S/C12H21NO4S2/c1-3-6-17-7-4-5-13-19(15,16)12-8-10(2)11(9-14)18-12/h8,13-14H,3-7,9H2,1-2H3. The molecule has 7 heteroatoms. The highest BCUT2D eigenvalue weighted by Crippen LogP contribution is 2.25. The summed E-state index contributed by atoms with van der Waals surface area (Å²) in [5.74, 6) is 0. The molecule has 0 fully saturated rings. The predicted octanol–water partition coefficient (Wildman–Crippen LogP) is 1.64. The lowest BCUT2D eigenvalue weighted by molar-refractivity contribution is 0.133. The molecule has 0 radical (unpaired) electrons. The van der Waals surface area contributed by atoms with Crippen molar-refractivity contribution in [1.29, 1.82) is 0 Å². The van der Waals surface area contributed by atoms with Gasteiger partial charge in [0.2, 0.25) is 10.0 Å². The van der Waals surface area contributed by atoms with Crippen molar-refractivity contribution in [2.45, 2.75) is 37.5 Å². The molecular weight excluding hydrogens is 286 g/mol. The third kappa shape index (κ3) is 5.19. The van der Waals surface area contributed by atoms with Crippen LogP contribution in [0.2, 0.25) is 0 Å². The first kappa shape index (κ1) is 16.6. The lowest BCUT2D eigenvalue weighted by Crippen LogP contribution is -2.24. The molecule has 0 saturated heterocycles. The Morgan fingerprint density at radius 1 is 1.42 bits per heavy atom. The van der Waals surface area contributed by atoms with Crippen molar-refractivity contribution in [3.63, 3.8) is 0 Å². The maximum absolute atomic E-state index is 12.0. The number of nitrogens with one attached hydrogen (secondary N) is 1. The Labute approximate surface area is 118 Å². The monoisotopic (exact) mass is 307 g/mol. The Balaban J connectivity index is 2.47. The second-order valence-corrected chi connectivity index (χ2v) is 7.32. The number of aliphatic hydroxyl groups is 1. The topological polar surface area (TPSA) is 75.6 Å². The van der Waals surface area contributed by atoms with E-state index in [0.29, 0.717) is 31.1 Å². The molecule has 0 bridgehead atoms. The minimum Gasteiger partial charge on any atom is -0.391 e. The minimum atomic E-state index is -3.46. The van der Waals surface area contributed by atoms with Crippen molar-refractivity contribution in [3.05, 3.63) is 16.5 Å². The highest BCUT2D eigenvalue weighted by Gasteiger charge is 2.17. The molecule has 1 aromatic rings. The van der Waals surface area contributed by atoms with Crippen LogP contribution in [0.25, 0.3) is 0 Å². The minimum absolute atomic E-state index is 0.128. The maximum Gasteiger partial charge on any atom is 0.250 e. The van der Waals surface area contributed by atoms with Gasteiger partial charge in [0.15, 0.2) is 0 Å². The summed E-state index contributed by atoms with van der Waals surface area (Å²) >= 11 is 1.11. The van der Waals surface area contributed by atoms with Crippen molar-refractivity contribution in [2.24, 2.45) is 0 Å². The van der Waals surface area contributed by atoms with E-state index in [-0.39, 0.29) is 10.8 Å². The Morgan fingerprint density at radius 3 is 2.74 bits per heavy atom. The van der Waals surface area contributed by atoms with Crippen LogP contribution in [0.4, 0.5) is 0 Å². The third-order valence-corrected chi connectivity index (χ3v) is 5.67. The SMILES string of the molecule is CCCOCCCNS(=O)(=O)c1cc(C)c(CO)s1. The van der Waals surface area contributed by atoms with E-state index >= 15 is 0 Å². The maximum atomic E-state index is 12.0. The van der Waals surface area contributed by atoms with Gasteiger partial charge in [-0.2, -0.15) is 0 Å².